The molecule has 5 rings (SSSR count). The van der Waals surface area contributed by atoms with Crippen molar-refractivity contribution in [1.29, 1.82) is 0 Å². The predicted molar refractivity (Wildman–Crippen MR) is 144 cm³/mol. The number of hydrogen-bond donors (Lipinski definition) is 0. The minimum absolute atomic E-state index is 0.0967. The summed E-state index contributed by atoms with van der Waals surface area (Å²) in [7, 11) is 1.36. The summed E-state index contributed by atoms with van der Waals surface area (Å²) in [6, 6.07) is 16.3. The first kappa shape index (κ1) is 25.4. The molecule has 196 valence electrons. The highest BCUT2D eigenvalue weighted by Gasteiger charge is 2.19. The van der Waals surface area contributed by atoms with Crippen molar-refractivity contribution in [2.45, 2.75) is 39.7 Å². The van der Waals surface area contributed by atoms with Crippen molar-refractivity contribution in [2.24, 2.45) is 0 Å². The molecule has 0 saturated carbocycles. The maximum Gasteiger partial charge on any atom is 0.337 e. The molecule has 0 bridgehead atoms. The number of carbonyl (C=O) groups is 1. The van der Waals surface area contributed by atoms with Crippen molar-refractivity contribution in [3.8, 4) is 28.4 Å². The molecule has 1 aliphatic rings. The van der Waals surface area contributed by atoms with Gasteiger partial charge in [-0.25, -0.2) is 4.79 Å². The number of carbonyl (C=O) groups excluding carboxylic acids is 1. The third-order valence-electron chi connectivity index (χ3n) is 6.57. The molecule has 0 aliphatic carbocycles. The second-order valence-electron chi connectivity index (χ2n) is 9.26. The van der Waals surface area contributed by atoms with Crippen molar-refractivity contribution in [3.63, 3.8) is 0 Å². The summed E-state index contributed by atoms with van der Waals surface area (Å²) in [5.41, 5.74) is 3.94. The smallest absolute Gasteiger partial charge is 0.337 e. The number of hydrogen-bond acceptors (Lipinski definition) is 7. The second-order valence-corrected chi connectivity index (χ2v) is 9.26. The van der Waals surface area contributed by atoms with Crippen LogP contribution in [0.15, 0.2) is 63.8 Å². The average Bonchev–Trinajstić information content (AvgIpc) is 3.17. The minimum atomic E-state index is -0.381. The fourth-order valence-electron chi connectivity index (χ4n) is 4.65. The summed E-state index contributed by atoms with van der Waals surface area (Å²) in [6.07, 6.45) is 2.45. The predicted octanol–water partition coefficient (Wildman–Crippen LogP) is 6.25. The van der Waals surface area contributed by atoms with E-state index in [2.05, 4.69) is 6.92 Å². The van der Waals surface area contributed by atoms with Gasteiger partial charge in [-0.2, -0.15) is 0 Å². The van der Waals surface area contributed by atoms with Gasteiger partial charge in [-0.15, -0.1) is 0 Å². The molecule has 0 unspecified atom stereocenters. The van der Waals surface area contributed by atoms with E-state index in [1.165, 1.54) is 7.11 Å². The van der Waals surface area contributed by atoms with Gasteiger partial charge in [0.1, 0.15) is 23.7 Å². The fourth-order valence-corrected chi connectivity index (χ4v) is 4.65. The zero-order valence-corrected chi connectivity index (χ0v) is 21.8. The van der Waals surface area contributed by atoms with Gasteiger partial charge in [0, 0.05) is 12.5 Å². The molecule has 7 nitrogen and oxygen atoms in total. The van der Waals surface area contributed by atoms with E-state index in [0.29, 0.717) is 64.9 Å². The van der Waals surface area contributed by atoms with E-state index in [0.717, 1.165) is 36.0 Å². The van der Waals surface area contributed by atoms with Crippen LogP contribution < -0.4 is 19.6 Å². The molecule has 38 heavy (non-hydrogen) atoms. The maximum absolute atomic E-state index is 13.7. The summed E-state index contributed by atoms with van der Waals surface area (Å²) >= 11 is 0. The van der Waals surface area contributed by atoms with Gasteiger partial charge in [0.05, 0.1) is 36.8 Å². The topological polar surface area (TPSA) is 84.2 Å². The Balaban J connectivity index is 1.49. The van der Waals surface area contributed by atoms with Crippen LogP contribution in [0.1, 0.15) is 47.0 Å². The molecular weight excluding hydrogens is 484 g/mol. The third-order valence-corrected chi connectivity index (χ3v) is 6.57. The van der Waals surface area contributed by atoms with Crippen LogP contribution in [-0.4, -0.2) is 26.3 Å². The van der Waals surface area contributed by atoms with E-state index in [4.69, 9.17) is 23.4 Å². The van der Waals surface area contributed by atoms with E-state index in [9.17, 15) is 9.59 Å². The van der Waals surface area contributed by atoms with E-state index >= 15 is 0 Å². The normalized spacial score (nSPS) is 12.7. The molecule has 0 atom stereocenters. The van der Waals surface area contributed by atoms with Crippen LogP contribution in [0.2, 0.25) is 0 Å². The van der Waals surface area contributed by atoms with Crippen LogP contribution in [0, 0.1) is 6.92 Å². The van der Waals surface area contributed by atoms with Crippen LogP contribution in [0.5, 0.6) is 17.2 Å². The minimum Gasteiger partial charge on any atom is -0.490 e. The summed E-state index contributed by atoms with van der Waals surface area (Å²) in [4.78, 5) is 25.4. The lowest BCUT2D eigenvalue weighted by molar-refractivity contribution is 0.0600. The van der Waals surface area contributed by atoms with Crippen molar-refractivity contribution < 1.29 is 28.2 Å². The molecule has 1 aromatic heterocycles. The molecule has 1 aliphatic heterocycles. The summed E-state index contributed by atoms with van der Waals surface area (Å²) < 4.78 is 28.7. The van der Waals surface area contributed by atoms with Gasteiger partial charge in [-0.1, -0.05) is 31.5 Å². The highest BCUT2D eigenvalue weighted by Crippen LogP contribution is 2.36. The summed E-state index contributed by atoms with van der Waals surface area (Å²) in [5.74, 6) is 2.12. The van der Waals surface area contributed by atoms with Crippen molar-refractivity contribution in [2.75, 3.05) is 20.3 Å². The molecule has 0 fully saturated rings. The van der Waals surface area contributed by atoms with Gasteiger partial charge < -0.3 is 23.4 Å². The van der Waals surface area contributed by atoms with Gasteiger partial charge in [0.15, 0.2) is 11.5 Å². The Kier molecular flexibility index (Phi) is 7.36. The molecule has 2 heterocycles. The molecule has 3 aromatic carbocycles. The zero-order chi connectivity index (χ0) is 26.6. The largest absolute Gasteiger partial charge is 0.490 e. The van der Waals surface area contributed by atoms with Crippen molar-refractivity contribution in [3.05, 3.63) is 87.3 Å². The molecule has 0 radical (unpaired) electrons. The van der Waals surface area contributed by atoms with E-state index in [1.807, 2.05) is 36.4 Å². The number of ether oxygens (including phenoxy) is 4. The number of aryl methyl sites for hydroxylation is 2. The van der Waals surface area contributed by atoms with Crippen molar-refractivity contribution >= 4 is 16.9 Å². The highest BCUT2D eigenvalue weighted by atomic mass is 16.5. The van der Waals surface area contributed by atoms with Gasteiger partial charge in [0.25, 0.3) is 0 Å². The Morgan fingerprint density at radius 1 is 0.974 bits per heavy atom. The first-order valence-electron chi connectivity index (χ1n) is 12.8. The Hall–Kier alpha value is -4.26. The highest BCUT2D eigenvalue weighted by molar-refractivity contribution is 5.89. The molecule has 0 amide bonds. The average molecular weight is 515 g/mol. The Bertz CT molecular complexity index is 1530. The monoisotopic (exact) mass is 514 g/mol. The van der Waals surface area contributed by atoms with Crippen LogP contribution in [0.3, 0.4) is 0 Å². The first-order valence-corrected chi connectivity index (χ1v) is 12.8. The molecule has 0 saturated heterocycles. The number of rotatable bonds is 7. The molecule has 4 aromatic rings. The number of methoxy groups -OCH3 is 1. The lowest BCUT2D eigenvalue weighted by Gasteiger charge is -2.15. The van der Waals surface area contributed by atoms with Crippen molar-refractivity contribution in [1.82, 2.24) is 0 Å². The molecule has 7 heteroatoms. The molecular formula is C31H30O7. The Morgan fingerprint density at radius 3 is 2.47 bits per heavy atom. The second kappa shape index (κ2) is 11.0. The van der Waals surface area contributed by atoms with E-state index < -0.39 is 0 Å². The van der Waals surface area contributed by atoms with Gasteiger partial charge in [-0.05, 0) is 60.4 Å². The SMILES string of the molecule is CCCc1cc2c(=O)c(-c3ccc4c(c3)OCCCO4)c(C)oc2cc1OCc1ccc(C(=O)OC)cc1. The molecule has 0 N–H and O–H groups in total. The summed E-state index contributed by atoms with van der Waals surface area (Å²) in [6.45, 7) is 5.36. The number of benzene rings is 3. The maximum atomic E-state index is 13.7. The van der Waals surface area contributed by atoms with Crippen LogP contribution in [0.25, 0.3) is 22.1 Å². The zero-order valence-electron chi connectivity index (χ0n) is 21.8. The lowest BCUT2D eigenvalue weighted by atomic mass is 10.00. The Morgan fingerprint density at radius 2 is 1.74 bits per heavy atom. The Labute approximate surface area is 220 Å². The van der Waals surface area contributed by atoms with Crippen LogP contribution in [-0.2, 0) is 17.8 Å². The number of fused-ring (bicyclic) bond motifs is 2. The fraction of sp³-hybridized carbons (Fsp3) is 0.290. The van der Waals surface area contributed by atoms with Gasteiger partial charge >= 0.3 is 5.97 Å². The quantitative estimate of drug-likeness (QED) is 0.270. The van der Waals surface area contributed by atoms with Crippen LogP contribution >= 0.6 is 0 Å². The van der Waals surface area contributed by atoms with Gasteiger partial charge in [0.2, 0.25) is 5.43 Å². The van der Waals surface area contributed by atoms with Crippen LogP contribution in [0.4, 0.5) is 0 Å². The lowest BCUT2D eigenvalue weighted by Crippen LogP contribution is -2.09. The third kappa shape index (κ3) is 5.09. The van der Waals surface area contributed by atoms with Gasteiger partial charge in [-0.3, -0.25) is 4.79 Å². The number of esters is 1. The molecule has 0 spiro atoms. The summed E-state index contributed by atoms with van der Waals surface area (Å²) in [5, 5.41) is 0.510. The van der Waals surface area contributed by atoms with E-state index in [-0.39, 0.29) is 11.4 Å². The first-order chi connectivity index (χ1) is 18.5. The standard InChI is InChI=1S/C31H30O7/c1-4-6-22-15-24-27(17-26(22)37-18-20-7-9-21(10-8-20)31(33)34-3)38-19(2)29(30(24)32)23-11-12-25-28(16-23)36-14-5-13-35-25/h7-12,15-17H,4-6,13-14,18H2,1-3H3. The van der Waals surface area contributed by atoms with E-state index in [1.54, 1.807) is 25.1 Å².